The second kappa shape index (κ2) is 5.61. The summed E-state index contributed by atoms with van der Waals surface area (Å²) < 4.78 is 17.7. The van der Waals surface area contributed by atoms with Crippen molar-refractivity contribution in [2.24, 2.45) is 5.92 Å². The number of para-hydroxylation sites is 1. The molecule has 2 unspecified atom stereocenters. The maximum absolute atomic E-state index is 13.1. The molecule has 6 heteroatoms. The zero-order valence-corrected chi connectivity index (χ0v) is 15.7. The topological polar surface area (TPSA) is 65.0 Å². The Morgan fingerprint density at radius 1 is 1.28 bits per heavy atom. The zero-order valence-electron chi connectivity index (χ0n) is 14.2. The Labute approximate surface area is 154 Å². The largest absolute Gasteiger partial charge is 0.500 e. The van der Waals surface area contributed by atoms with Crippen LogP contribution in [-0.4, -0.2) is 40.6 Å². The zero-order chi connectivity index (χ0) is 17.9. The van der Waals surface area contributed by atoms with Crippen molar-refractivity contribution in [3.05, 3.63) is 53.0 Å². The first-order valence-corrected chi connectivity index (χ1v) is 9.07. The Balaban J connectivity index is 1.88. The van der Waals surface area contributed by atoms with Gasteiger partial charge in [-0.1, -0.05) is 28.1 Å². The summed E-state index contributed by atoms with van der Waals surface area (Å²) in [6.07, 6.45) is 0.220. The van der Waals surface area contributed by atoms with Gasteiger partial charge in [-0.2, -0.15) is 0 Å². The molecular weight excluding hydrogens is 388 g/mol. The number of fused-ring (bicyclic) bond motifs is 3. The minimum absolute atomic E-state index is 0.0744. The summed E-state index contributed by atoms with van der Waals surface area (Å²) in [4.78, 5) is 12.7. The number of rotatable bonds is 1. The van der Waals surface area contributed by atoms with E-state index in [0.29, 0.717) is 28.4 Å². The molecule has 0 fully saturated rings. The molecule has 132 valence electrons. The van der Waals surface area contributed by atoms with Gasteiger partial charge in [0.25, 0.3) is 0 Å². The monoisotopic (exact) mass is 406 g/mol. The number of halogens is 1. The van der Waals surface area contributed by atoms with Crippen LogP contribution in [0.25, 0.3) is 0 Å². The summed E-state index contributed by atoms with van der Waals surface area (Å²) >= 11 is 3.53. The smallest absolute Gasteiger partial charge is 0.181 e. The van der Waals surface area contributed by atoms with Gasteiger partial charge in [-0.3, -0.25) is 4.79 Å². The minimum atomic E-state index is -0.834. The summed E-state index contributed by atoms with van der Waals surface area (Å²) in [6, 6.07) is 7.14. The van der Waals surface area contributed by atoms with E-state index in [-0.39, 0.29) is 10.6 Å². The molecule has 2 aliphatic heterocycles. The highest BCUT2D eigenvalue weighted by Crippen LogP contribution is 2.47. The molecular formula is C19H19BrO5. The van der Waals surface area contributed by atoms with Crippen LogP contribution in [0.5, 0.6) is 5.75 Å². The van der Waals surface area contributed by atoms with Crippen LogP contribution in [0.4, 0.5) is 0 Å². The number of aliphatic hydroxyl groups excluding tert-OH is 1. The summed E-state index contributed by atoms with van der Waals surface area (Å²) in [7, 11) is 1.53. The fraction of sp³-hybridized carbons (Fsp3) is 0.421. The number of hydrogen-bond donors (Lipinski definition) is 1. The van der Waals surface area contributed by atoms with E-state index >= 15 is 0 Å². The van der Waals surface area contributed by atoms with E-state index in [9.17, 15) is 9.90 Å². The van der Waals surface area contributed by atoms with Crippen LogP contribution >= 0.6 is 15.9 Å². The molecule has 1 N–H and O–H groups in total. The van der Waals surface area contributed by atoms with Crippen molar-refractivity contribution in [1.82, 2.24) is 0 Å². The third-order valence-electron chi connectivity index (χ3n) is 5.03. The van der Waals surface area contributed by atoms with Crippen molar-refractivity contribution in [2.45, 2.75) is 36.5 Å². The molecule has 0 aromatic heterocycles. The first-order chi connectivity index (χ1) is 11.8. The lowest BCUT2D eigenvalue weighted by molar-refractivity contribution is -0.0300. The van der Waals surface area contributed by atoms with E-state index in [1.165, 1.54) is 7.11 Å². The molecule has 0 radical (unpaired) electrons. The molecule has 4 atom stereocenters. The molecule has 0 spiro atoms. The molecule has 5 nitrogen and oxygen atoms in total. The molecule has 25 heavy (non-hydrogen) atoms. The van der Waals surface area contributed by atoms with Crippen molar-refractivity contribution in [2.75, 3.05) is 7.11 Å². The van der Waals surface area contributed by atoms with Gasteiger partial charge < -0.3 is 19.3 Å². The van der Waals surface area contributed by atoms with Gasteiger partial charge in [-0.05, 0) is 26.0 Å². The van der Waals surface area contributed by atoms with Gasteiger partial charge in [-0.15, -0.1) is 0 Å². The van der Waals surface area contributed by atoms with Gasteiger partial charge in [0, 0.05) is 11.6 Å². The standard InChI is InChI=1S/C19H19BrO5/c1-19(2)18(20)16(22)14-12(25-19)8-11(23-3)13-15(21)9-6-4-5-7-10(9)24-17(13)14/h4-8,13,16-18,22H,1-3H3/t13?,16-,17?,18+/m0/s1. The quantitative estimate of drug-likeness (QED) is 0.726. The average molecular weight is 407 g/mol. The van der Waals surface area contributed by atoms with Crippen LogP contribution in [0.2, 0.25) is 0 Å². The fourth-order valence-electron chi connectivity index (χ4n) is 3.71. The summed E-state index contributed by atoms with van der Waals surface area (Å²) in [5.41, 5.74) is 0.490. The maximum Gasteiger partial charge on any atom is 0.181 e. The number of Topliss-reactive ketones (excluding diaryl/α,β-unsaturated/α-hetero) is 1. The lowest BCUT2D eigenvalue weighted by atomic mass is 9.76. The van der Waals surface area contributed by atoms with Crippen molar-refractivity contribution in [3.8, 4) is 5.75 Å². The number of allylic oxidation sites excluding steroid dienone is 1. The lowest BCUT2D eigenvalue weighted by Crippen LogP contribution is -2.54. The molecule has 1 aromatic carbocycles. The van der Waals surface area contributed by atoms with Crippen molar-refractivity contribution in [1.29, 1.82) is 0 Å². The van der Waals surface area contributed by atoms with Crippen LogP contribution in [-0.2, 0) is 9.47 Å². The van der Waals surface area contributed by atoms with E-state index in [1.54, 1.807) is 24.3 Å². The highest BCUT2D eigenvalue weighted by Gasteiger charge is 2.53. The number of benzene rings is 1. The van der Waals surface area contributed by atoms with Crippen molar-refractivity contribution in [3.63, 3.8) is 0 Å². The summed E-state index contributed by atoms with van der Waals surface area (Å²) in [5, 5.41) is 10.9. The molecule has 1 aliphatic carbocycles. The summed E-state index contributed by atoms with van der Waals surface area (Å²) in [5.74, 6) is 0.811. The molecule has 0 bridgehead atoms. The third-order valence-corrected chi connectivity index (χ3v) is 6.63. The Kier molecular flexibility index (Phi) is 3.74. The Morgan fingerprint density at radius 2 is 2.00 bits per heavy atom. The van der Waals surface area contributed by atoms with Crippen molar-refractivity contribution >= 4 is 21.7 Å². The van der Waals surface area contributed by atoms with E-state index in [0.717, 1.165) is 0 Å². The van der Waals surface area contributed by atoms with Gasteiger partial charge >= 0.3 is 0 Å². The van der Waals surface area contributed by atoms with Gasteiger partial charge in [-0.25, -0.2) is 0 Å². The lowest BCUT2D eigenvalue weighted by Gasteiger charge is -2.46. The van der Waals surface area contributed by atoms with Gasteiger partial charge in [0.15, 0.2) is 5.78 Å². The fourth-order valence-corrected chi connectivity index (χ4v) is 4.09. The molecule has 1 aromatic rings. The minimum Gasteiger partial charge on any atom is -0.500 e. The van der Waals surface area contributed by atoms with E-state index in [4.69, 9.17) is 14.2 Å². The molecule has 0 saturated carbocycles. The second-order valence-electron chi connectivity index (χ2n) is 7.00. The SMILES string of the molecule is COC1=CC2=C(C3Oc4ccccc4C(=O)C13)[C@H](O)[C@@H](Br)C(C)(C)O2. The normalized spacial score (nSPS) is 32.5. The number of carbonyl (C=O) groups is 1. The summed E-state index contributed by atoms with van der Waals surface area (Å²) in [6.45, 7) is 3.79. The van der Waals surface area contributed by atoms with E-state index in [2.05, 4.69) is 15.9 Å². The molecule has 4 rings (SSSR count). The maximum atomic E-state index is 13.1. The third kappa shape index (κ3) is 2.34. The number of methoxy groups -OCH3 is 1. The second-order valence-corrected chi connectivity index (χ2v) is 7.99. The Morgan fingerprint density at radius 3 is 2.72 bits per heavy atom. The van der Waals surface area contributed by atoms with Crippen molar-refractivity contribution < 1.29 is 24.1 Å². The number of ether oxygens (including phenoxy) is 3. The molecule has 0 saturated heterocycles. The number of ketones is 1. The van der Waals surface area contributed by atoms with Crippen LogP contribution in [0, 0.1) is 5.92 Å². The first-order valence-electron chi connectivity index (χ1n) is 8.16. The number of aliphatic hydroxyl groups is 1. The van der Waals surface area contributed by atoms with Crippen LogP contribution in [0.3, 0.4) is 0 Å². The van der Waals surface area contributed by atoms with Crippen LogP contribution in [0.15, 0.2) is 47.4 Å². The van der Waals surface area contributed by atoms with Gasteiger partial charge in [0.2, 0.25) is 0 Å². The van der Waals surface area contributed by atoms with Gasteiger partial charge in [0.1, 0.15) is 34.9 Å². The number of carbonyl (C=O) groups excluding carboxylic acids is 1. The number of hydrogen-bond acceptors (Lipinski definition) is 5. The Hall–Kier alpha value is -1.79. The molecule has 3 aliphatic rings. The number of alkyl halides is 1. The van der Waals surface area contributed by atoms with Crippen LogP contribution in [0.1, 0.15) is 24.2 Å². The first kappa shape index (κ1) is 16.7. The molecule has 2 heterocycles. The highest BCUT2D eigenvalue weighted by molar-refractivity contribution is 9.09. The predicted octanol–water partition coefficient (Wildman–Crippen LogP) is 2.98. The Bertz CT molecular complexity index is 810. The van der Waals surface area contributed by atoms with Crippen LogP contribution < -0.4 is 4.74 Å². The highest BCUT2D eigenvalue weighted by atomic mass is 79.9. The predicted molar refractivity (Wildman–Crippen MR) is 94.7 cm³/mol. The molecule has 0 amide bonds. The van der Waals surface area contributed by atoms with E-state index in [1.807, 2.05) is 19.9 Å². The van der Waals surface area contributed by atoms with E-state index < -0.39 is 23.7 Å². The average Bonchev–Trinajstić information content (AvgIpc) is 2.58. The van der Waals surface area contributed by atoms with Gasteiger partial charge in [0.05, 0.1) is 23.6 Å².